The molecule has 1 aliphatic carbocycles. The number of amides is 1. The Bertz CT molecular complexity index is 755. The second kappa shape index (κ2) is 6.51. The molecule has 1 aromatic carbocycles. The molecule has 1 N–H and O–H groups in total. The highest BCUT2D eigenvalue weighted by atomic mass is 16.2. The number of anilines is 1. The fourth-order valence-corrected chi connectivity index (χ4v) is 3.83. The molecule has 130 valence electrons. The van der Waals surface area contributed by atoms with Crippen molar-refractivity contribution < 1.29 is 4.79 Å². The van der Waals surface area contributed by atoms with Crippen LogP contribution in [0.5, 0.6) is 0 Å². The molecule has 0 spiro atoms. The lowest BCUT2D eigenvalue weighted by Crippen LogP contribution is -2.39. The fourth-order valence-electron chi connectivity index (χ4n) is 3.83. The summed E-state index contributed by atoms with van der Waals surface area (Å²) in [5, 5.41) is 3.24. The van der Waals surface area contributed by atoms with E-state index >= 15 is 0 Å². The maximum absolute atomic E-state index is 12.7. The molecule has 25 heavy (non-hydrogen) atoms. The topological polar surface area (TPSA) is 45.2 Å². The Morgan fingerprint density at radius 3 is 2.76 bits per heavy atom. The van der Waals surface area contributed by atoms with Crippen LogP contribution in [-0.4, -0.2) is 29.0 Å². The molecule has 0 bridgehead atoms. The van der Waals surface area contributed by atoms with Gasteiger partial charge in [0.15, 0.2) is 0 Å². The van der Waals surface area contributed by atoms with Gasteiger partial charge in [0.25, 0.3) is 5.91 Å². The van der Waals surface area contributed by atoms with E-state index in [1.54, 1.807) is 6.20 Å². The van der Waals surface area contributed by atoms with Crippen LogP contribution < -0.4 is 10.2 Å². The number of aromatic nitrogens is 1. The molecule has 1 saturated heterocycles. The van der Waals surface area contributed by atoms with Gasteiger partial charge in [-0.3, -0.25) is 9.78 Å². The van der Waals surface area contributed by atoms with Crippen molar-refractivity contribution in [2.75, 3.05) is 11.4 Å². The van der Waals surface area contributed by atoms with E-state index in [2.05, 4.69) is 46.4 Å². The molecular weight excluding hydrogens is 310 g/mol. The van der Waals surface area contributed by atoms with Gasteiger partial charge in [-0.1, -0.05) is 30.3 Å². The zero-order valence-corrected chi connectivity index (χ0v) is 14.7. The first kappa shape index (κ1) is 16.1. The molecular formula is C21H25N3O. The van der Waals surface area contributed by atoms with Crippen LogP contribution in [0.2, 0.25) is 0 Å². The third kappa shape index (κ3) is 3.53. The summed E-state index contributed by atoms with van der Waals surface area (Å²) < 4.78 is 0. The minimum Gasteiger partial charge on any atom is -0.369 e. The number of carbonyl (C=O) groups is 1. The van der Waals surface area contributed by atoms with E-state index in [0.29, 0.717) is 11.7 Å². The predicted octanol–water partition coefficient (Wildman–Crippen LogP) is 3.58. The number of nitrogens with one attached hydrogen (secondary N) is 1. The van der Waals surface area contributed by atoms with E-state index in [1.807, 2.05) is 18.2 Å². The molecule has 2 aromatic rings. The van der Waals surface area contributed by atoms with Gasteiger partial charge in [0, 0.05) is 30.0 Å². The van der Waals surface area contributed by atoms with Crippen LogP contribution in [0.25, 0.3) is 0 Å². The van der Waals surface area contributed by atoms with Gasteiger partial charge in [-0.2, -0.15) is 0 Å². The zero-order valence-electron chi connectivity index (χ0n) is 14.7. The van der Waals surface area contributed by atoms with E-state index in [4.69, 9.17) is 0 Å². The summed E-state index contributed by atoms with van der Waals surface area (Å²) in [4.78, 5) is 19.4. The number of hydrogen-bond acceptors (Lipinski definition) is 3. The third-order valence-electron chi connectivity index (χ3n) is 5.48. The van der Waals surface area contributed by atoms with Crippen molar-refractivity contribution in [3.8, 4) is 0 Å². The van der Waals surface area contributed by atoms with Gasteiger partial charge in [-0.25, -0.2) is 0 Å². The van der Waals surface area contributed by atoms with Crippen LogP contribution in [0.4, 0.5) is 5.69 Å². The third-order valence-corrected chi connectivity index (χ3v) is 5.48. The standard InChI is InChI=1S/C21H25N3O/c1-16-6-5-13-24(16)18-9-12-22-19(14-18)20(25)23-21(10-11-21)15-17-7-3-2-4-8-17/h2-4,7-9,12,14,16H,5-6,10-11,13,15H2,1H3,(H,23,25). The van der Waals surface area contributed by atoms with Crippen LogP contribution in [-0.2, 0) is 6.42 Å². The highest BCUT2D eigenvalue weighted by molar-refractivity contribution is 5.94. The highest BCUT2D eigenvalue weighted by Crippen LogP contribution is 2.39. The van der Waals surface area contributed by atoms with Gasteiger partial charge in [-0.15, -0.1) is 0 Å². The van der Waals surface area contributed by atoms with Crippen LogP contribution >= 0.6 is 0 Å². The summed E-state index contributed by atoms with van der Waals surface area (Å²) in [6.07, 6.45) is 7.15. The van der Waals surface area contributed by atoms with Crippen LogP contribution in [0.15, 0.2) is 48.7 Å². The first-order valence-corrected chi connectivity index (χ1v) is 9.24. The van der Waals surface area contributed by atoms with Crippen molar-refractivity contribution >= 4 is 11.6 Å². The molecule has 1 atom stereocenters. The van der Waals surface area contributed by atoms with Crippen LogP contribution in [0, 0.1) is 0 Å². The van der Waals surface area contributed by atoms with E-state index in [0.717, 1.165) is 31.5 Å². The number of rotatable bonds is 5. The Hall–Kier alpha value is -2.36. The van der Waals surface area contributed by atoms with Gasteiger partial charge < -0.3 is 10.2 Å². The summed E-state index contributed by atoms with van der Waals surface area (Å²) in [5.74, 6) is -0.0536. The van der Waals surface area contributed by atoms with E-state index < -0.39 is 0 Å². The summed E-state index contributed by atoms with van der Waals surface area (Å²) in [6.45, 7) is 3.30. The molecule has 2 aliphatic rings. The quantitative estimate of drug-likeness (QED) is 0.908. The number of pyridine rings is 1. The zero-order chi connectivity index (χ0) is 17.3. The fraction of sp³-hybridized carbons (Fsp3) is 0.429. The maximum atomic E-state index is 12.7. The first-order valence-electron chi connectivity index (χ1n) is 9.24. The monoisotopic (exact) mass is 335 g/mol. The molecule has 1 aromatic heterocycles. The number of nitrogens with zero attached hydrogens (tertiary/aromatic N) is 2. The maximum Gasteiger partial charge on any atom is 0.270 e. The molecule has 4 nitrogen and oxygen atoms in total. The lowest BCUT2D eigenvalue weighted by molar-refractivity contribution is 0.0926. The molecule has 1 saturated carbocycles. The van der Waals surface area contributed by atoms with Crippen molar-refractivity contribution in [1.82, 2.24) is 10.3 Å². The Balaban J connectivity index is 1.46. The van der Waals surface area contributed by atoms with Gasteiger partial charge in [0.05, 0.1) is 0 Å². The Morgan fingerprint density at radius 2 is 2.08 bits per heavy atom. The minimum atomic E-state index is -0.0863. The van der Waals surface area contributed by atoms with Crippen molar-refractivity contribution in [1.29, 1.82) is 0 Å². The van der Waals surface area contributed by atoms with E-state index in [1.165, 1.54) is 18.4 Å². The molecule has 1 unspecified atom stereocenters. The van der Waals surface area contributed by atoms with Gasteiger partial charge in [0.1, 0.15) is 5.69 Å². The molecule has 2 heterocycles. The average Bonchev–Trinajstić information content (AvgIpc) is 3.23. The van der Waals surface area contributed by atoms with Crippen LogP contribution in [0.3, 0.4) is 0 Å². The van der Waals surface area contributed by atoms with E-state index in [9.17, 15) is 4.79 Å². The molecule has 1 amide bonds. The predicted molar refractivity (Wildman–Crippen MR) is 99.9 cm³/mol. The lowest BCUT2D eigenvalue weighted by atomic mass is 10.0. The summed E-state index contributed by atoms with van der Waals surface area (Å²) in [7, 11) is 0. The van der Waals surface area contributed by atoms with Gasteiger partial charge >= 0.3 is 0 Å². The first-order chi connectivity index (χ1) is 12.2. The van der Waals surface area contributed by atoms with Crippen LogP contribution in [0.1, 0.15) is 48.7 Å². The SMILES string of the molecule is CC1CCCN1c1ccnc(C(=O)NC2(Cc3ccccc3)CC2)c1. The Labute approximate surface area is 149 Å². The molecule has 1 aliphatic heterocycles. The molecule has 0 radical (unpaired) electrons. The summed E-state index contributed by atoms with van der Waals surface area (Å²) in [5.41, 5.74) is 2.82. The summed E-state index contributed by atoms with van der Waals surface area (Å²) >= 11 is 0. The average molecular weight is 335 g/mol. The van der Waals surface area contributed by atoms with E-state index in [-0.39, 0.29) is 11.4 Å². The summed E-state index contributed by atoms with van der Waals surface area (Å²) in [6, 6.07) is 14.9. The molecule has 4 rings (SSSR count). The van der Waals surface area contributed by atoms with Crippen molar-refractivity contribution in [2.45, 2.75) is 50.6 Å². The smallest absolute Gasteiger partial charge is 0.270 e. The number of carbonyl (C=O) groups excluding carboxylic acids is 1. The molecule has 4 heteroatoms. The van der Waals surface area contributed by atoms with Crippen molar-refractivity contribution in [3.63, 3.8) is 0 Å². The molecule has 2 fully saturated rings. The van der Waals surface area contributed by atoms with Gasteiger partial charge in [-0.05, 0) is 56.7 Å². The lowest BCUT2D eigenvalue weighted by Gasteiger charge is -2.24. The normalized spacial score (nSPS) is 21.2. The highest BCUT2D eigenvalue weighted by Gasteiger charge is 2.44. The van der Waals surface area contributed by atoms with Crippen molar-refractivity contribution in [2.24, 2.45) is 0 Å². The number of hydrogen-bond donors (Lipinski definition) is 1. The Morgan fingerprint density at radius 1 is 1.28 bits per heavy atom. The van der Waals surface area contributed by atoms with Gasteiger partial charge in [0.2, 0.25) is 0 Å². The Kier molecular flexibility index (Phi) is 4.20. The number of benzene rings is 1. The second-order valence-corrected chi connectivity index (χ2v) is 7.48. The second-order valence-electron chi connectivity index (χ2n) is 7.48. The minimum absolute atomic E-state index is 0.0536. The largest absolute Gasteiger partial charge is 0.369 e. The van der Waals surface area contributed by atoms with Crippen molar-refractivity contribution in [3.05, 3.63) is 59.9 Å².